The third-order valence-corrected chi connectivity index (χ3v) is 7.42. The lowest BCUT2D eigenvalue weighted by atomic mass is 10.1. The van der Waals surface area contributed by atoms with Gasteiger partial charge in [-0.2, -0.15) is 0 Å². The molecule has 1 fully saturated rings. The summed E-state index contributed by atoms with van der Waals surface area (Å²) in [5, 5.41) is 0.478. The van der Waals surface area contributed by atoms with Crippen LogP contribution in [0.1, 0.15) is 46.6 Å². The first-order valence-electron chi connectivity index (χ1n) is 9.37. The fourth-order valence-corrected chi connectivity index (χ4v) is 5.36. The van der Waals surface area contributed by atoms with Gasteiger partial charge in [-0.1, -0.05) is 17.7 Å². The minimum Gasteiger partial charge on any atom is -0.350 e. The van der Waals surface area contributed by atoms with E-state index in [1.807, 2.05) is 6.92 Å². The molecule has 0 spiro atoms. The van der Waals surface area contributed by atoms with Gasteiger partial charge in [-0.05, 0) is 57.7 Å². The maximum atomic E-state index is 13.3. The highest BCUT2D eigenvalue weighted by Crippen LogP contribution is 2.30. The highest BCUT2D eigenvalue weighted by molar-refractivity contribution is 7.92. The molecular weight excluding hydrogens is 398 g/mol. The molecule has 1 saturated heterocycles. The van der Waals surface area contributed by atoms with E-state index in [1.165, 1.54) is 0 Å². The Labute approximate surface area is 171 Å². The molecule has 0 unspecified atom stereocenters. The molecule has 0 bridgehead atoms. The van der Waals surface area contributed by atoms with Crippen molar-refractivity contribution in [3.8, 4) is 0 Å². The average molecular weight is 424 g/mol. The van der Waals surface area contributed by atoms with Crippen LogP contribution >= 0.6 is 11.6 Å². The van der Waals surface area contributed by atoms with Gasteiger partial charge >= 0.3 is 0 Å². The number of nitrogens with one attached hydrogen (secondary N) is 1. The van der Waals surface area contributed by atoms with E-state index in [9.17, 15) is 13.2 Å². The zero-order valence-corrected chi connectivity index (χ0v) is 18.2. The molecule has 1 aromatic heterocycles. The Morgan fingerprint density at radius 2 is 1.71 bits per heavy atom. The predicted octanol–water partition coefficient (Wildman–Crippen LogP) is 4.03. The third-order valence-electron chi connectivity index (χ3n) is 5.47. The second-order valence-corrected chi connectivity index (χ2v) is 9.38. The molecule has 0 aliphatic carbocycles. The Morgan fingerprint density at radius 1 is 1.07 bits per heavy atom. The minimum absolute atomic E-state index is 0.0415. The monoisotopic (exact) mass is 423 g/mol. The number of halogens is 1. The van der Waals surface area contributed by atoms with Crippen LogP contribution < -0.4 is 4.72 Å². The largest absolute Gasteiger partial charge is 0.350 e. The number of sulfonamides is 1. The number of hydrogen-bond acceptors (Lipinski definition) is 3. The quantitative estimate of drug-likeness (QED) is 0.806. The number of hydrogen-bond donors (Lipinski definition) is 1. The highest BCUT2D eigenvalue weighted by atomic mass is 35.5. The van der Waals surface area contributed by atoms with E-state index in [-0.39, 0.29) is 16.4 Å². The molecule has 0 radical (unpaired) electrons. The van der Waals surface area contributed by atoms with Gasteiger partial charge in [0.15, 0.2) is 0 Å². The second-order valence-electron chi connectivity index (χ2n) is 7.36. The highest BCUT2D eigenvalue weighted by Gasteiger charge is 2.33. The van der Waals surface area contributed by atoms with Crippen LogP contribution in [-0.4, -0.2) is 36.9 Å². The summed E-state index contributed by atoms with van der Waals surface area (Å²) in [6.45, 7) is 6.67. The van der Waals surface area contributed by atoms with E-state index < -0.39 is 10.0 Å². The zero-order chi connectivity index (χ0) is 20.6. The first-order chi connectivity index (χ1) is 13.1. The number of nitrogens with zero attached hydrogens (tertiary/aromatic N) is 2. The fourth-order valence-electron chi connectivity index (χ4n) is 3.62. The molecule has 1 aliphatic heterocycles. The maximum absolute atomic E-state index is 13.3. The molecule has 1 amide bonds. The van der Waals surface area contributed by atoms with Gasteiger partial charge < -0.3 is 9.47 Å². The van der Waals surface area contributed by atoms with E-state index in [1.54, 1.807) is 48.6 Å². The first-order valence-corrected chi connectivity index (χ1v) is 11.2. The molecule has 3 rings (SSSR count). The number of amides is 1. The number of anilines is 1. The number of piperidine rings is 1. The Hall–Kier alpha value is -1.99. The predicted molar refractivity (Wildman–Crippen MR) is 112 cm³/mol. The van der Waals surface area contributed by atoms with Gasteiger partial charge in [-0.3, -0.25) is 9.52 Å². The van der Waals surface area contributed by atoms with Crippen LogP contribution in [-0.2, 0) is 17.1 Å². The van der Waals surface area contributed by atoms with Crippen molar-refractivity contribution in [2.45, 2.75) is 44.9 Å². The Bertz CT molecular complexity index is 1020. The van der Waals surface area contributed by atoms with Gasteiger partial charge in [0, 0.05) is 36.5 Å². The van der Waals surface area contributed by atoms with Crippen molar-refractivity contribution in [1.29, 1.82) is 0 Å². The van der Waals surface area contributed by atoms with Crippen LogP contribution in [0.25, 0.3) is 0 Å². The Kier molecular flexibility index (Phi) is 5.77. The summed E-state index contributed by atoms with van der Waals surface area (Å²) in [7, 11) is -2.19. The molecule has 28 heavy (non-hydrogen) atoms. The summed E-state index contributed by atoms with van der Waals surface area (Å²) in [6.07, 6.45) is 2.98. The summed E-state index contributed by atoms with van der Waals surface area (Å²) < 4.78 is 30.9. The lowest BCUT2D eigenvalue weighted by Gasteiger charge is -2.27. The van der Waals surface area contributed by atoms with Crippen molar-refractivity contribution in [2.75, 3.05) is 17.8 Å². The van der Waals surface area contributed by atoms with Crippen molar-refractivity contribution in [1.82, 2.24) is 9.47 Å². The number of benzene rings is 1. The first kappa shape index (κ1) is 20.7. The van der Waals surface area contributed by atoms with Crippen molar-refractivity contribution < 1.29 is 13.2 Å². The average Bonchev–Trinajstić information content (AvgIpc) is 2.89. The van der Waals surface area contributed by atoms with E-state index in [0.717, 1.165) is 24.8 Å². The lowest BCUT2D eigenvalue weighted by Crippen LogP contribution is -2.36. The minimum atomic E-state index is -3.97. The SMILES string of the molecule is Cc1ccc(NS(=O)(=O)c2c(C(=O)N3CCCCC3)c(C)n(C)c2C)cc1Cl. The molecule has 0 atom stereocenters. The number of aromatic nitrogens is 1. The molecule has 2 aromatic rings. The molecule has 2 heterocycles. The molecule has 1 aliphatic rings. The third kappa shape index (κ3) is 3.78. The van der Waals surface area contributed by atoms with Gasteiger partial charge in [0.05, 0.1) is 11.3 Å². The molecule has 0 saturated carbocycles. The van der Waals surface area contributed by atoms with Crippen molar-refractivity contribution >= 4 is 33.2 Å². The fraction of sp³-hybridized carbons (Fsp3) is 0.450. The topological polar surface area (TPSA) is 71.4 Å². The van der Waals surface area contributed by atoms with Crippen LogP contribution in [0.2, 0.25) is 5.02 Å². The number of likely N-dealkylation sites (tertiary alicyclic amines) is 1. The normalized spacial score (nSPS) is 15.0. The summed E-state index contributed by atoms with van der Waals surface area (Å²) in [6, 6.07) is 4.99. The van der Waals surface area contributed by atoms with Gasteiger partial charge in [0.2, 0.25) is 0 Å². The van der Waals surface area contributed by atoms with Gasteiger partial charge in [-0.15, -0.1) is 0 Å². The standard InChI is InChI=1S/C20H26ClN3O3S/c1-13-8-9-16(12-17(13)21)22-28(26,27)19-15(3)23(4)14(2)18(19)20(25)24-10-6-5-7-11-24/h8-9,12,22H,5-7,10-11H2,1-4H3. The zero-order valence-electron chi connectivity index (χ0n) is 16.7. The Balaban J connectivity index is 2.05. The number of carbonyl (C=O) groups is 1. The van der Waals surface area contributed by atoms with Gasteiger partial charge in [0.1, 0.15) is 4.90 Å². The summed E-state index contributed by atoms with van der Waals surface area (Å²) >= 11 is 6.13. The Morgan fingerprint density at radius 3 is 2.32 bits per heavy atom. The summed E-state index contributed by atoms with van der Waals surface area (Å²) in [4.78, 5) is 15.0. The van der Waals surface area contributed by atoms with Crippen LogP contribution in [0.3, 0.4) is 0 Å². The number of aryl methyl sites for hydroxylation is 1. The van der Waals surface area contributed by atoms with E-state index in [4.69, 9.17) is 11.6 Å². The van der Waals surface area contributed by atoms with Crippen LogP contribution in [0.4, 0.5) is 5.69 Å². The van der Waals surface area contributed by atoms with Gasteiger partial charge in [-0.25, -0.2) is 8.42 Å². The molecule has 152 valence electrons. The van der Waals surface area contributed by atoms with Gasteiger partial charge in [0.25, 0.3) is 15.9 Å². The van der Waals surface area contributed by atoms with E-state index in [0.29, 0.717) is 35.2 Å². The number of rotatable bonds is 4. The smallest absolute Gasteiger partial charge is 0.264 e. The molecule has 6 nitrogen and oxygen atoms in total. The van der Waals surface area contributed by atoms with Crippen molar-refractivity contribution in [2.24, 2.45) is 7.05 Å². The van der Waals surface area contributed by atoms with Crippen LogP contribution in [0, 0.1) is 20.8 Å². The molecule has 8 heteroatoms. The van der Waals surface area contributed by atoms with E-state index >= 15 is 0 Å². The van der Waals surface area contributed by atoms with Crippen LogP contribution in [0.15, 0.2) is 23.1 Å². The molecule has 1 aromatic carbocycles. The van der Waals surface area contributed by atoms with Crippen molar-refractivity contribution in [3.63, 3.8) is 0 Å². The van der Waals surface area contributed by atoms with Crippen LogP contribution in [0.5, 0.6) is 0 Å². The summed E-state index contributed by atoms with van der Waals surface area (Å²) in [5.41, 5.74) is 2.66. The summed E-state index contributed by atoms with van der Waals surface area (Å²) in [5.74, 6) is -0.219. The molecular formula is C20H26ClN3O3S. The van der Waals surface area contributed by atoms with E-state index in [2.05, 4.69) is 4.72 Å². The molecule has 1 N–H and O–H groups in total. The number of carbonyl (C=O) groups excluding carboxylic acids is 1. The lowest BCUT2D eigenvalue weighted by molar-refractivity contribution is 0.0720. The van der Waals surface area contributed by atoms with Crippen molar-refractivity contribution in [3.05, 3.63) is 45.7 Å². The maximum Gasteiger partial charge on any atom is 0.264 e. The second kappa shape index (κ2) is 7.79.